The molecule has 1 saturated heterocycles. The molecule has 1 aliphatic rings. The van der Waals surface area contributed by atoms with Gasteiger partial charge in [-0.05, 0) is 37.5 Å². The Morgan fingerprint density at radius 1 is 1.16 bits per heavy atom. The Hall–Kier alpha value is -2.29. The van der Waals surface area contributed by atoms with E-state index < -0.39 is 11.7 Å². The van der Waals surface area contributed by atoms with Crippen LogP contribution >= 0.6 is 11.3 Å². The van der Waals surface area contributed by atoms with Crippen molar-refractivity contribution in [3.05, 3.63) is 30.0 Å². The van der Waals surface area contributed by atoms with E-state index in [1.54, 1.807) is 6.20 Å². The Morgan fingerprint density at radius 2 is 1.96 bits per heavy atom. The van der Waals surface area contributed by atoms with E-state index in [4.69, 9.17) is 4.42 Å². The van der Waals surface area contributed by atoms with Gasteiger partial charge in [0.05, 0.1) is 11.8 Å². The summed E-state index contributed by atoms with van der Waals surface area (Å²) < 4.78 is 43.7. The lowest BCUT2D eigenvalue weighted by molar-refractivity contribution is -0.137. The van der Waals surface area contributed by atoms with Gasteiger partial charge in [-0.3, -0.25) is 5.32 Å². The lowest BCUT2D eigenvalue weighted by atomic mass is 10.1. The van der Waals surface area contributed by atoms with Crippen molar-refractivity contribution in [1.82, 2.24) is 9.97 Å². The number of nitrogens with one attached hydrogen (secondary N) is 1. The third-order valence-electron chi connectivity index (χ3n) is 4.09. The van der Waals surface area contributed by atoms with Crippen LogP contribution < -0.4 is 10.2 Å². The zero-order chi connectivity index (χ0) is 17.4. The summed E-state index contributed by atoms with van der Waals surface area (Å²) in [4.78, 5) is 10.7. The van der Waals surface area contributed by atoms with Gasteiger partial charge in [-0.15, -0.1) is 0 Å². The van der Waals surface area contributed by atoms with Crippen LogP contribution in [0.15, 0.2) is 28.8 Å². The zero-order valence-corrected chi connectivity index (χ0v) is 14.0. The van der Waals surface area contributed by atoms with E-state index in [1.165, 1.54) is 36.7 Å². The molecule has 0 amide bonds. The average Bonchev–Trinajstić information content (AvgIpc) is 3.20. The molecule has 0 unspecified atom stereocenters. The van der Waals surface area contributed by atoms with Gasteiger partial charge in [-0.1, -0.05) is 11.3 Å². The predicted octanol–water partition coefficient (Wildman–Crippen LogP) is 5.04. The van der Waals surface area contributed by atoms with E-state index in [0.29, 0.717) is 10.6 Å². The van der Waals surface area contributed by atoms with Crippen molar-refractivity contribution >= 4 is 38.6 Å². The van der Waals surface area contributed by atoms with Crippen LogP contribution in [0.4, 0.5) is 29.3 Å². The van der Waals surface area contributed by atoms with E-state index in [9.17, 15) is 13.2 Å². The molecule has 0 aliphatic carbocycles. The molecule has 4 rings (SSSR count). The van der Waals surface area contributed by atoms with Gasteiger partial charge in [-0.25, -0.2) is 4.98 Å². The van der Waals surface area contributed by atoms with Gasteiger partial charge in [0.25, 0.3) is 0 Å². The lowest BCUT2D eigenvalue weighted by Crippen LogP contribution is -2.28. The fourth-order valence-corrected chi connectivity index (χ4v) is 3.69. The summed E-state index contributed by atoms with van der Waals surface area (Å²) in [6, 6.07) is 3.38. The highest BCUT2D eigenvalue weighted by Crippen LogP contribution is 2.34. The number of hydrogen-bond acceptors (Lipinski definition) is 6. The maximum atomic E-state index is 12.8. The summed E-state index contributed by atoms with van der Waals surface area (Å²) >= 11 is 1.48. The van der Waals surface area contributed by atoms with Crippen molar-refractivity contribution in [1.29, 1.82) is 0 Å². The number of rotatable bonds is 3. The molecular weight excluding hydrogens is 353 g/mol. The van der Waals surface area contributed by atoms with Crippen LogP contribution in [0.1, 0.15) is 24.8 Å². The van der Waals surface area contributed by atoms with Crippen molar-refractivity contribution in [3.8, 4) is 0 Å². The van der Waals surface area contributed by atoms with Crippen LogP contribution in [0.2, 0.25) is 0 Å². The molecule has 9 heteroatoms. The predicted molar refractivity (Wildman–Crippen MR) is 90.5 cm³/mol. The molecule has 3 aromatic rings. The molecule has 1 fully saturated rings. The number of alkyl halides is 3. The lowest BCUT2D eigenvalue weighted by Gasteiger charge is -2.26. The smallest absolute Gasteiger partial charge is 0.416 e. The number of nitrogens with zero attached hydrogens (tertiary/aromatic N) is 3. The normalized spacial score (nSPS) is 15.7. The van der Waals surface area contributed by atoms with Gasteiger partial charge < -0.3 is 9.32 Å². The van der Waals surface area contributed by atoms with Crippen LogP contribution in [-0.2, 0) is 6.18 Å². The van der Waals surface area contributed by atoms with E-state index in [1.807, 2.05) is 0 Å². The van der Waals surface area contributed by atoms with Gasteiger partial charge in [0.15, 0.2) is 10.7 Å². The Bertz CT molecular complexity index is 883. The Balaban J connectivity index is 1.53. The second-order valence-corrected chi connectivity index (χ2v) is 6.88. The van der Waals surface area contributed by atoms with Crippen molar-refractivity contribution < 1.29 is 17.6 Å². The van der Waals surface area contributed by atoms with E-state index in [-0.39, 0.29) is 11.6 Å². The number of aromatic nitrogens is 2. The molecule has 1 aliphatic heterocycles. The maximum Gasteiger partial charge on any atom is 0.416 e. The molecular formula is C16H15F3N4OS. The number of halogens is 3. The number of fused-ring (bicyclic) bond motifs is 1. The van der Waals surface area contributed by atoms with Gasteiger partial charge >= 0.3 is 12.2 Å². The van der Waals surface area contributed by atoms with E-state index >= 15 is 0 Å². The minimum Gasteiger partial charge on any atom is -0.423 e. The first-order chi connectivity index (χ1) is 12.0. The molecule has 2 aromatic heterocycles. The molecule has 1 aromatic carbocycles. The minimum absolute atomic E-state index is 0.0881. The van der Waals surface area contributed by atoms with E-state index in [0.717, 1.165) is 30.2 Å². The molecule has 0 atom stereocenters. The average molecular weight is 368 g/mol. The van der Waals surface area contributed by atoms with Crippen LogP contribution in [0, 0.1) is 0 Å². The van der Waals surface area contributed by atoms with Gasteiger partial charge in [-0.2, -0.15) is 18.2 Å². The topological polar surface area (TPSA) is 54.2 Å². The fourth-order valence-electron chi connectivity index (χ4n) is 2.83. The molecule has 0 spiro atoms. The third kappa shape index (κ3) is 3.41. The van der Waals surface area contributed by atoms with Crippen LogP contribution in [0.5, 0.6) is 0 Å². The SMILES string of the molecule is FC(F)(F)c1ccc2nc(Nc3ncc(N4CCCCC4)s3)oc2c1. The molecule has 1 N–H and O–H groups in total. The molecule has 25 heavy (non-hydrogen) atoms. The first-order valence-corrected chi connectivity index (χ1v) is 8.76. The molecule has 3 heterocycles. The third-order valence-corrected chi connectivity index (χ3v) is 5.06. The molecule has 132 valence electrons. The van der Waals surface area contributed by atoms with Gasteiger partial charge in [0, 0.05) is 13.1 Å². The Morgan fingerprint density at radius 3 is 2.72 bits per heavy atom. The largest absolute Gasteiger partial charge is 0.423 e. The van der Waals surface area contributed by atoms with Gasteiger partial charge in [0.2, 0.25) is 0 Å². The fraction of sp³-hybridized carbons (Fsp3) is 0.375. The molecule has 0 bridgehead atoms. The Labute approximate surface area is 145 Å². The number of anilines is 3. The maximum absolute atomic E-state index is 12.8. The first kappa shape index (κ1) is 16.2. The second kappa shape index (κ2) is 6.21. The highest BCUT2D eigenvalue weighted by atomic mass is 32.1. The monoisotopic (exact) mass is 368 g/mol. The summed E-state index contributed by atoms with van der Waals surface area (Å²) in [7, 11) is 0. The second-order valence-electron chi connectivity index (χ2n) is 5.88. The Kier molecular flexibility index (Phi) is 4.03. The number of thiazole rings is 1. The summed E-state index contributed by atoms with van der Waals surface area (Å²) in [6.07, 6.45) is 0.986. The first-order valence-electron chi connectivity index (χ1n) is 7.95. The molecule has 0 saturated carbocycles. The highest BCUT2D eigenvalue weighted by Gasteiger charge is 2.31. The van der Waals surface area contributed by atoms with Crippen molar-refractivity contribution in [2.75, 3.05) is 23.3 Å². The molecule has 0 radical (unpaired) electrons. The van der Waals surface area contributed by atoms with Crippen molar-refractivity contribution in [3.63, 3.8) is 0 Å². The van der Waals surface area contributed by atoms with E-state index in [2.05, 4.69) is 20.2 Å². The minimum atomic E-state index is -4.41. The number of oxazole rings is 1. The summed E-state index contributed by atoms with van der Waals surface area (Å²) in [6.45, 7) is 2.04. The van der Waals surface area contributed by atoms with Gasteiger partial charge in [0.1, 0.15) is 10.5 Å². The van der Waals surface area contributed by atoms with Crippen molar-refractivity contribution in [2.45, 2.75) is 25.4 Å². The van der Waals surface area contributed by atoms with Crippen molar-refractivity contribution in [2.24, 2.45) is 0 Å². The number of benzene rings is 1. The quantitative estimate of drug-likeness (QED) is 0.702. The highest BCUT2D eigenvalue weighted by molar-refractivity contribution is 7.19. The van der Waals surface area contributed by atoms with Crippen LogP contribution in [0.3, 0.4) is 0 Å². The number of hydrogen-bond donors (Lipinski definition) is 1. The van der Waals surface area contributed by atoms with Crippen LogP contribution in [-0.4, -0.2) is 23.1 Å². The number of piperidine rings is 1. The van der Waals surface area contributed by atoms with Crippen LogP contribution in [0.25, 0.3) is 11.1 Å². The summed E-state index contributed by atoms with van der Waals surface area (Å²) in [5.74, 6) is 0. The standard InChI is InChI=1S/C16H15F3N4OS/c17-16(18,19)10-4-5-11-12(8-10)24-14(21-11)22-15-20-9-13(25-15)23-6-2-1-3-7-23/h4-5,8-9H,1-3,6-7H2,(H,20,21,22). The summed E-state index contributed by atoms with van der Waals surface area (Å²) in [5, 5.41) is 4.60. The summed E-state index contributed by atoms with van der Waals surface area (Å²) in [5.41, 5.74) is -0.308. The molecule has 5 nitrogen and oxygen atoms in total. The zero-order valence-electron chi connectivity index (χ0n) is 13.1.